The van der Waals surface area contributed by atoms with Crippen LogP contribution in [0.3, 0.4) is 0 Å². The second kappa shape index (κ2) is 5.76. The molecule has 25 heavy (non-hydrogen) atoms. The number of likely N-dealkylation sites (tertiary alicyclic amines) is 1. The van der Waals surface area contributed by atoms with Gasteiger partial charge in [0.1, 0.15) is 17.4 Å². The van der Waals surface area contributed by atoms with Crippen molar-refractivity contribution in [2.45, 2.75) is 39.2 Å². The normalized spacial score (nSPS) is 22.1. The van der Waals surface area contributed by atoms with Crippen molar-refractivity contribution < 1.29 is 19.4 Å². The van der Waals surface area contributed by atoms with Crippen molar-refractivity contribution in [1.29, 1.82) is 5.26 Å². The van der Waals surface area contributed by atoms with E-state index in [4.69, 9.17) is 4.74 Å². The molecule has 3 rings (SSSR count). The van der Waals surface area contributed by atoms with Gasteiger partial charge >= 0.3 is 6.09 Å². The lowest BCUT2D eigenvalue weighted by Crippen LogP contribution is -2.60. The second-order valence-electron chi connectivity index (χ2n) is 7.89. The van der Waals surface area contributed by atoms with Crippen molar-refractivity contribution in [3.8, 4) is 11.8 Å². The molecule has 1 atom stereocenters. The molecule has 2 aliphatic heterocycles. The van der Waals surface area contributed by atoms with Gasteiger partial charge in [0.15, 0.2) is 5.78 Å². The molecule has 2 heterocycles. The molecule has 0 aromatic heterocycles. The number of Topliss-reactive ketones (excluding diaryl/α,β-unsaturated/α-hetero) is 1. The predicted octanol–water partition coefficient (Wildman–Crippen LogP) is 3.31. The first-order valence-corrected chi connectivity index (χ1v) is 8.44. The molecule has 6 nitrogen and oxygen atoms in total. The van der Waals surface area contributed by atoms with E-state index in [-0.39, 0.29) is 11.2 Å². The summed E-state index contributed by atoms with van der Waals surface area (Å²) in [4.78, 5) is 26.0. The van der Waals surface area contributed by atoms with Gasteiger partial charge < -0.3 is 14.7 Å². The second-order valence-corrected chi connectivity index (χ2v) is 7.89. The van der Waals surface area contributed by atoms with Crippen LogP contribution in [0.15, 0.2) is 18.2 Å². The Balaban J connectivity index is 2.08. The highest BCUT2D eigenvalue weighted by Crippen LogP contribution is 2.50. The maximum absolute atomic E-state index is 13.4. The average molecular weight is 342 g/mol. The summed E-state index contributed by atoms with van der Waals surface area (Å²) >= 11 is 0. The van der Waals surface area contributed by atoms with E-state index < -0.39 is 17.6 Å². The van der Waals surface area contributed by atoms with Gasteiger partial charge in [-0.1, -0.05) is 26.8 Å². The van der Waals surface area contributed by atoms with Gasteiger partial charge in [-0.25, -0.2) is 4.79 Å². The van der Waals surface area contributed by atoms with E-state index in [1.807, 2.05) is 20.8 Å². The van der Waals surface area contributed by atoms with Crippen molar-refractivity contribution in [3.63, 3.8) is 0 Å². The van der Waals surface area contributed by atoms with Crippen LogP contribution in [0.4, 0.5) is 4.79 Å². The monoisotopic (exact) mass is 342 g/mol. The van der Waals surface area contributed by atoms with E-state index >= 15 is 0 Å². The van der Waals surface area contributed by atoms with Crippen molar-refractivity contribution in [1.82, 2.24) is 4.90 Å². The maximum atomic E-state index is 13.4. The lowest BCUT2D eigenvalue weighted by atomic mass is 9.62. The van der Waals surface area contributed by atoms with Gasteiger partial charge in [-0.15, -0.1) is 0 Å². The van der Waals surface area contributed by atoms with Crippen LogP contribution in [0.25, 0.3) is 0 Å². The number of hydrogen-bond donors (Lipinski definition) is 1. The molecule has 6 heteroatoms. The number of benzene rings is 1. The van der Waals surface area contributed by atoms with Crippen molar-refractivity contribution in [3.05, 3.63) is 29.3 Å². The summed E-state index contributed by atoms with van der Waals surface area (Å²) in [5.74, 6) is -0.0686. The molecular formula is C19H22N2O4. The minimum absolute atomic E-state index is 0.0744. The molecule has 1 N–H and O–H groups in total. The van der Waals surface area contributed by atoms with Gasteiger partial charge in [-0.3, -0.25) is 4.79 Å². The number of rotatable bonds is 0. The van der Waals surface area contributed by atoms with Crippen LogP contribution in [-0.2, 0) is 0 Å². The van der Waals surface area contributed by atoms with Crippen LogP contribution in [0.2, 0.25) is 0 Å². The zero-order chi connectivity index (χ0) is 18.4. The number of hydrogen-bond acceptors (Lipinski definition) is 4. The molecule has 1 fully saturated rings. The molecule has 1 amide bonds. The Morgan fingerprint density at radius 1 is 1.36 bits per heavy atom. The molecule has 1 spiro atoms. The Morgan fingerprint density at radius 3 is 2.52 bits per heavy atom. The van der Waals surface area contributed by atoms with Crippen LogP contribution in [0, 0.1) is 22.7 Å². The zero-order valence-corrected chi connectivity index (χ0v) is 14.7. The van der Waals surface area contributed by atoms with E-state index in [9.17, 15) is 20.0 Å². The van der Waals surface area contributed by atoms with Crippen LogP contribution >= 0.6 is 0 Å². The third kappa shape index (κ3) is 2.74. The molecule has 0 radical (unpaired) electrons. The summed E-state index contributed by atoms with van der Waals surface area (Å²) in [6.07, 6.45) is -0.0247. The number of fused-ring (bicyclic) bond motifs is 1. The molecule has 2 aliphatic rings. The van der Waals surface area contributed by atoms with Crippen LogP contribution < -0.4 is 4.74 Å². The Labute approximate surface area is 147 Å². The predicted molar refractivity (Wildman–Crippen MR) is 90.6 cm³/mol. The first-order chi connectivity index (χ1) is 11.7. The number of nitriles is 1. The summed E-state index contributed by atoms with van der Waals surface area (Å²) in [6, 6.07) is 7.14. The summed E-state index contributed by atoms with van der Waals surface area (Å²) in [5.41, 5.74) is -0.420. The average Bonchev–Trinajstić information content (AvgIpc) is 2.53. The van der Waals surface area contributed by atoms with Gasteiger partial charge in [-0.05, 0) is 17.5 Å². The van der Waals surface area contributed by atoms with Crippen LogP contribution in [-0.4, -0.2) is 40.6 Å². The standard InChI is InChI=1S/C19H22N2O4/c1-18(2,3)16-15(22)14-12(11-20)5-4-6-13(14)25-19(16)7-9-21(10-8-19)17(23)24/h4-6,16H,7-10H2,1-3H3,(H,23,24). The van der Waals surface area contributed by atoms with Crippen molar-refractivity contribution in [2.24, 2.45) is 11.3 Å². The fourth-order valence-electron chi connectivity index (χ4n) is 4.27. The molecule has 1 aromatic rings. The fourth-order valence-corrected chi connectivity index (χ4v) is 4.27. The number of carbonyl (C=O) groups excluding carboxylic acids is 1. The number of piperidine rings is 1. The Morgan fingerprint density at radius 2 is 2.00 bits per heavy atom. The largest absolute Gasteiger partial charge is 0.486 e. The third-order valence-electron chi connectivity index (χ3n) is 5.24. The summed E-state index contributed by atoms with van der Waals surface area (Å²) in [7, 11) is 0. The minimum atomic E-state index is -0.948. The quantitative estimate of drug-likeness (QED) is 0.781. The van der Waals surface area contributed by atoms with Crippen molar-refractivity contribution in [2.75, 3.05) is 13.1 Å². The molecule has 0 saturated carbocycles. The molecule has 1 aromatic carbocycles. The van der Waals surface area contributed by atoms with Crippen molar-refractivity contribution >= 4 is 11.9 Å². The number of ether oxygens (including phenoxy) is 1. The Bertz CT molecular complexity index is 765. The topological polar surface area (TPSA) is 90.6 Å². The van der Waals surface area contributed by atoms with Gasteiger partial charge in [0.2, 0.25) is 0 Å². The highest BCUT2D eigenvalue weighted by molar-refractivity contribution is 6.04. The van der Waals surface area contributed by atoms with Crippen LogP contribution in [0.5, 0.6) is 5.75 Å². The molecule has 1 unspecified atom stereocenters. The SMILES string of the molecule is CC(C)(C)C1C(=O)c2c(C#N)cccc2OC12CCN(C(=O)O)CC2. The molecule has 0 aliphatic carbocycles. The number of carboxylic acid groups (broad SMARTS) is 1. The summed E-state index contributed by atoms with van der Waals surface area (Å²) in [6.45, 7) is 6.64. The molecular weight excluding hydrogens is 320 g/mol. The number of ketones is 1. The Kier molecular flexibility index (Phi) is 3.98. The third-order valence-corrected chi connectivity index (χ3v) is 5.24. The molecule has 0 bridgehead atoms. The highest BCUT2D eigenvalue weighted by Gasteiger charge is 2.56. The lowest BCUT2D eigenvalue weighted by Gasteiger charge is -2.52. The lowest BCUT2D eigenvalue weighted by molar-refractivity contribution is -0.0696. The van der Waals surface area contributed by atoms with Gasteiger partial charge in [0.25, 0.3) is 0 Å². The van der Waals surface area contributed by atoms with Gasteiger partial charge in [0, 0.05) is 25.9 Å². The zero-order valence-electron chi connectivity index (χ0n) is 14.7. The van der Waals surface area contributed by atoms with Gasteiger partial charge in [-0.2, -0.15) is 5.26 Å². The van der Waals surface area contributed by atoms with E-state index in [1.165, 1.54) is 4.90 Å². The molecule has 1 saturated heterocycles. The van der Waals surface area contributed by atoms with E-state index in [0.717, 1.165) is 0 Å². The first kappa shape index (κ1) is 17.3. The first-order valence-electron chi connectivity index (χ1n) is 8.44. The smallest absolute Gasteiger partial charge is 0.407 e. The van der Waals surface area contributed by atoms with E-state index in [0.29, 0.717) is 42.8 Å². The Hall–Kier alpha value is -2.55. The minimum Gasteiger partial charge on any atom is -0.486 e. The fraction of sp³-hybridized carbons (Fsp3) is 0.526. The highest BCUT2D eigenvalue weighted by atomic mass is 16.5. The number of carbonyl (C=O) groups is 2. The number of nitrogens with zero attached hydrogens (tertiary/aromatic N) is 2. The number of amides is 1. The maximum Gasteiger partial charge on any atom is 0.407 e. The van der Waals surface area contributed by atoms with Crippen LogP contribution in [0.1, 0.15) is 49.5 Å². The van der Waals surface area contributed by atoms with E-state index in [1.54, 1.807) is 18.2 Å². The van der Waals surface area contributed by atoms with E-state index in [2.05, 4.69) is 6.07 Å². The summed E-state index contributed by atoms with van der Waals surface area (Å²) < 4.78 is 6.35. The van der Waals surface area contributed by atoms with Gasteiger partial charge in [0.05, 0.1) is 17.0 Å². The molecule has 132 valence electrons. The summed E-state index contributed by atoms with van der Waals surface area (Å²) in [5, 5.41) is 18.6.